The van der Waals surface area contributed by atoms with Gasteiger partial charge in [-0.3, -0.25) is 4.79 Å². The molecule has 0 heterocycles. The van der Waals surface area contributed by atoms with Gasteiger partial charge in [-0.1, -0.05) is 27.5 Å². The van der Waals surface area contributed by atoms with Gasteiger partial charge < -0.3 is 5.32 Å². The van der Waals surface area contributed by atoms with E-state index in [1.54, 1.807) is 6.07 Å². The number of nitrogens with zero attached hydrogens (tertiary/aromatic N) is 1. The Hall–Kier alpha value is -1.90. The van der Waals surface area contributed by atoms with Gasteiger partial charge in [0, 0.05) is 10.2 Å². The molecule has 1 amide bonds. The van der Waals surface area contributed by atoms with E-state index in [0.29, 0.717) is 15.2 Å². The molecule has 0 aliphatic heterocycles. The van der Waals surface area contributed by atoms with E-state index in [9.17, 15) is 9.18 Å². The molecule has 2 rings (SSSR count). The van der Waals surface area contributed by atoms with Gasteiger partial charge in [-0.15, -0.1) is 0 Å². The van der Waals surface area contributed by atoms with Gasteiger partial charge in [0.1, 0.15) is 11.9 Å². The average molecular weight is 354 g/mol. The molecule has 0 radical (unpaired) electrons. The first kappa shape index (κ1) is 14.5. The molecule has 100 valence electrons. The van der Waals surface area contributed by atoms with E-state index in [1.165, 1.54) is 30.3 Å². The maximum absolute atomic E-state index is 13.6. The second-order valence-electron chi connectivity index (χ2n) is 3.88. The van der Waals surface area contributed by atoms with E-state index in [4.69, 9.17) is 16.9 Å². The van der Waals surface area contributed by atoms with Crippen molar-refractivity contribution in [3.8, 4) is 6.07 Å². The van der Waals surface area contributed by atoms with Crippen molar-refractivity contribution >= 4 is 39.1 Å². The molecule has 0 aliphatic carbocycles. The average Bonchev–Trinajstić information content (AvgIpc) is 2.40. The summed E-state index contributed by atoms with van der Waals surface area (Å²) in [5.74, 6) is -1.23. The number of nitriles is 1. The molecule has 0 aliphatic rings. The van der Waals surface area contributed by atoms with Crippen molar-refractivity contribution in [2.45, 2.75) is 0 Å². The summed E-state index contributed by atoms with van der Waals surface area (Å²) in [6.07, 6.45) is 0. The molecule has 0 saturated heterocycles. The predicted octanol–water partition coefficient (Wildman–Crippen LogP) is 4.37. The van der Waals surface area contributed by atoms with E-state index in [2.05, 4.69) is 21.2 Å². The molecular formula is C14H7BrClFN2O. The molecule has 0 atom stereocenters. The first-order chi connectivity index (χ1) is 9.51. The highest BCUT2D eigenvalue weighted by Crippen LogP contribution is 2.21. The van der Waals surface area contributed by atoms with Crippen molar-refractivity contribution in [2.24, 2.45) is 0 Å². The van der Waals surface area contributed by atoms with Crippen LogP contribution in [0.15, 0.2) is 40.9 Å². The minimum absolute atomic E-state index is 0.0818. The summed E-state index contributed by atoms with van der Waals surface area (Å²) in [5.41, 5.74) is 0.528. The number of rotatable bonds is 2. The van der Waals surface area contributed by atoms with Gasteiger partial charge in [0.05, 0.1) is 16.1 Å². The summed E-state index contributed by atoms with van der Waals surface area (Å²) >= 11 is 8.91. The zero-order valence-electron chi connectivity index (χ0n) is 9.95. The molecule has 0 spiro atoms. The van der Waals surface area contributed by atoms with Gasteiger partial charge in [-0.05, 0) is 36.4 Å². The molecular weight excluding hydrogens is 347 g/mol. The van der Waals surface area contributed by atoms with Crippen LogP contribution in [0.25, 0.3) is 0 Å². The van der Waals surface area contributed by atoms with E-state index < -0.39 is 11.7 Å². The number of hydrogen-bond acceptors (Lipinski definition) is 2. The van der Waals surface area contributed by atoms with Gasteiger partial charge in [-0.2, -0.15) is 5.26 Å². The van der Waals surface area contributed by atoms with Crippen LogP contribution < -0.4 is 5.32 Å². The Bertz CT molecular complexity index is 728. The zero-order valence-corrected chi connectivity index (χ0v) is 12.3. The van der Waals surface area contributed by atoms with Crippen molar-refractivity contribution < 1.29 is 9.18 Å². The number of benzene rings is 2. The normalized spacial score (nSPS) is 9.90. The lowest BCUT2D eigenvalue weighted by Gasteiger charge is -2.07. The molecule has 0 bridgehead atoms. The molecule has 2 aromatic carbocycles. The maximum Gasteiger partial charge on any atom is 0.258 e. The van der Waals surface area contributed by atoms with Crippen molar-refractivity contribution in [2.75, 3.05) is 5.32 Å². The first-order valence-electron chi connectivity index (χ1n) is 5.47. The fourth-order valence-electron chi connectivity index (χ4n) is 1.56. The zero-order chi connectivity index (χ0) is 14.7. The maximum atomic E-state index is 13.6. The van der Waals surface area contributed by atoms with Gasteiger partial charge >= 0.3 is 0 Å². The lowest BCUT2D eigenvalue weighted by atomic mass is 10.1. The number of amides is 1. The fourth-order valence-corrected chi connectivity index (χ4v) is 2.05. The van der Waals surface area contributed by atoms with Crippen LogP contribution in [0.4, 0.5) is 10.1 Å². The number of carbonyl (C=O) groups is 1. The van der Waals surface area contributed by atoms with E-state index in [-0.39, 0.29) is 11.1 Å². The molecule has 1 N–H and O–H groups in total. The molecule has 2 aromatic rings. The SMILES string of the molecule is N#Cc1cc(NC(=O)c2ccc(Br)cc2F)ccc1Cl. The number of carbonyl (C=O) groups excluding carboxylic acids is 1. The Balaban J connectivity index is 2.26. The van der Waals surface area contributed by atoms with Crippen LogP contribution in [0.2, 0.25) is 5.02 Å². The number of nitrogens with one attached hydrogen (secondary N) is 1. The van der Waals surface area contributed by atoms with Gasteiger partial charge in [-0.25, -0.2) is 4.39 Å². The minimum Gasteiger partial charge on any atom is -0.322 e. The van der Waals surface area contributed by atoms with Crippen LogP contribution >= 0.6 is 27.5 Å². The van der Waals surface area contributed by atoms with Crippen LogP contribution in [-0.4, -0.2) is 5.91 Å². The molecule has 0 aromatic heterocycles. The van der Waals surface area contributed by atoms with E-state index in [1.807, 2.05) is 6.07 Å². The lowest BCUT2D eigenvalue weighted by Crippen LogP contribution is -2.13. The highest BCUT2D eigenvalue weighted by molar-refractivity contribution is 9.10. The highest BCUT2D eigenvalue weighted by Gasteiger charge is 2.12. The van der Waals surface area contributed by atoms with Crippen molar-refractivity contribution in [3.63, 3.8) is 0 Å². The summed E-state index contributed by atoms with van der Waals surface area (Å²) in [4.78, 5) is 11.9. The standard InChI is InChI=1S/C14H7BrClFN2O/c15-9-1-3-11(13(17)6-9)14(20)19-10-2-4-12(16)8(5-10)7-18/h1-6H,(H,19,20). The van der Waals surface area contributed by atoms with Crippen LogP contribution in [0.5, 0.6) is 0 Å². The third-order valence-corrected chi connectivity index (χ3v) is 3.34. The van der Waals surface area contributed by atoms with Crippen LogP contribution in [0, 0.1) is 17.1 Å². The van der Waals surface area contributed by atoms with Gasteiger partial charge in [0.25, 0.3) is 5.91 Å². The molecule has 0 fully saturated rings. The Kier molecular flexibility index (Phi) is 4.38. The minimum atomic E-state index is -0.633. The number of hydrogen-bond donors (Lipinski definition) is 1. The van der Waals surface area contributed by atoms with Crippen LogP contribution in [0.3, 0.4) is 0 Å². The predicted molar refractivity (Wildman–Crippen MR) is 78.2 cm³/mol. The summed E-state index contributed by atoms with van der Waals surface area (Å²) < 4.78 is 14.2. The third-order valence-electron chi connectivity index (χ3n) is 2.52. The summed E-state index contributed by atoms with van der Waals surface area (Å²) in [6, 6.07) is 10.5. The van der Waals surface area contributed by atoms with Crippen LogP contribution in [0.1, 0.15) is 15.9 Å². The Morgan fingerprint density at radius 3 is 2.70 bits per heavy atom. The van der Waals surface area contributed by atoms with Gasteiger partial charge in [0.15, 0.2) is 0 Å². The molecule has 20 heavy (non-hydrogen) atoms. The fraction of sp³-hybridized carbons (Fsp3) is 0. The van der Waals surface area contributed by atoms with Crippen molar-refractivity contribution in [1.82, 2.24) is 0 Å². The van der Waals surface area contributed by atoms with E-state index in [0.717, 1.165) is 0 Å². The molecule has 6 heteroatoms. The summed E-state index contributed by atoms with van der Waals surface area (Å²) in [7, 11) is 0. The topological polar surface area (TPSA) is 52.9 Å². The lowest BCUT2D eigenvalue weighted by molar-refractivity contribution is 0.102. The largest absolute Gasteiger partial charge is 0.322 e. The second-order valence-corrected chi connectivity index (χ2v) is 5.21. The Morgan fingerprint density at radius 2 is 2.05 bits per heavy atom. The smallest absolute Gasteiger partial charge is 0.258 e. The first-order valence-corrected chi connectivity index (χ1v) is 6.64. The Morgan fingerprint density at radius 1 is 1.30 bits per heavy atom. The Labute approximate surface area is 128 Å². The highest BCUT2D eigenvalue weighted by atomic mass is 79.9. The van der Waals surface area contributed by atoms with Crippen LogP contribution in [-0.2, 0) is 0 Å². The quantitative estimate of drug-likeness (QED) is 0.872. The molecule has 3 nitrogen and oxygen atoms in total. The summed E-state index contributed by atoms with van der Waals surface area (Å²) in [5, 5.41) is 11.7. The van der Waals surface area contributed by atoms with Crippen molar-refractivity contribution in [3.05, 3.63) is 62.8 Å². The number of halogens is 3. The molecule has 0 unspecified atom stereocenters. The van der Waals surface area contributed by atoms with Gasteiger partial charge in [0.2, 0.25) is 0 Å². The van der Waals surface area contributed by atoms with E-state index >= 15 is 0 Å². The third kappa shape index (κ3) is 3.16. The monoisotopic (exact) mass is 352 g/mol. The van der Waals surface area contributed by atoms with Crippen molar-refractivity contribution in [1.29, 1.82) is 5.26 Å². The number of anilines is 1. The second kappa shape index (κ2) is 6.04. The molecule has 0 saturated carbocycles. The summed E-state index contributed by atoms with van der Waals surface area (Å²) in [6.45, 7) is 0.